The molecule has 2 rings (SSSR count). The highest BCUT2D eigenvalue weighted by molar-refractivity contribution is 8.13. The van der Waals surface area contributed by atoms with Crippen LogP contribution < -0.4 is 0 Å². The van der Waals surface area contributed by atoms with Crippen molar-refractivity contribution in [1.29, 1.82) is 0 Å². The first kappa shape index (κ1) is 9.98. The molecule has 0 amide bonds. The lowest BCUT2D eigenvalue weighted by molar-refractivity contribution is 0.544. The van der Waals surface area contributed by atoms with Crippen LogP contribution in [0.4, 0.5) is 0 Å². The van der Waals surface area contributed by atoms with E-state index in [1.165, 1.54) is 12.8 Å². The van der Waals surface area contributed by atoms with Gasteiger partial charge in [-0.05, 0) is 24.8 Å². The van der Waals surface area contributed by atoms with Gasteiger partial charge in [-0.15, -0.1) is 0 Å². The van der Waals surface area contributed by atoms with Crippen LogP contribution >= 0.6 is 10.7 Å². The summed E-state index contributed by atoms with van der Waals surface area (Å²) < 4.78 is 23.5. The standard InChI is InChI=1S/C8H11ClN2O2S/c9-14(12,13)6-8-3-4-10-11(8)5-7-1-2-7/h3-4,7H,1-2,5-6H2. The van der Waals surface area contributed by atoms with Crippen LogP contribution in [0, 0.1) is 5.92 Å². The second-order valence-corrected chi connectivity index (χ2v) is 6.41. The van der Waals surface area contributed by atoms with Gasteiger partial charge < -0.3 is 0 Å². The van der Waals surface area contributed by atoms with E-state index in [4.69, 9.17) is 10.7 Å². The van der Waals surface area contributed by atoms with Gasteiger partial charge in [0.05, 0.1) is 5.69 Å². The highest BCUT2D eigenvalue weighted by Gasteiger charge is 2.23. The van der Waals surface area contributed by atoms with Crippen LogP contribution in [0.3, 0.4) is 0 Å². The van der Waals surface area contributed by atoms with Gasteiger partial charge in [-0.25, -0.2) is 8.42 Å². The van der Waals surface area contributed by atoms with Crippen molar-refractivity contribution in [1.82, 2.24) is 9.78 Å². The molecule has 6 heteroatoms. The normalized spacial score (nSPS) is 17.2. The Labute approximate surface area is 87.3 Å². The Hall–Kier alpha value is -0.550. The average Bonchev–Trinajstić information content (AvgIpc) is 2.74. The minimum absolute atomic E-state index is 0.138. The maximum absolute atomic E-state index is 10.9. The molecule has 14 heavy (non-hydrogen) atoms. The van der Waals surface area contributed by atoms with Crippen LogP contribution in [-0.4, -0.2) is 18.2 Å². The molecule has 1 aromatic rings. The average molecular weight is 235 g/mol. The number of hydrogen-bond donors (Lipinski definition) is 0. The fourth-order valence-corrected chi connectivity index (χ4v) is 2.30. The molecule has 1 fully saturated rings. The van der Waals surface area contributed by atoms with E-state index in [9.17, 15) is 8.42 Å². The van der Waals surface area contributed by atoms with E-state index in [-0.39, 0.29) is 5.75 Å². The van der Waals surface area contributed by atoms with E-state index in [0.29, 0.717) is 11.6 Å². The predicted molar refractivity (Wildman–Crippen MR) is 53.4 cm³/mol. The minimum atomic E-state index is -3.47. The van der Waals surface area contributed by atoms with Gasteiger partial charge in [0.15, 0.2) is 0 Å². The van der Waals surface area contributed by atoms with Gasteiger partial charge in [0.1, 0.15) is 5.75 Å². The Morgan fingerprint density at radius 1 is 1.57 bits per heavy atom. The summed E-state index contributed by atoms with van der Waals surface area (Å²) in [4.78, 5) is 0. The fourth-order valence-electron chi connectivity index (χ4n) is 1.37. The third-order valence-electron chi connectivity index (χ3n) is 2.25. The topological polar surface area (TPSA) is 52.0 Å². The first-order valence-electron chi connectivity index (χ1n) is 4.47. The monoisotopic (exact) mass is 234 g/mol. The second kappa shape index (κ2) is 3.55. The molecular weight excluding hydrogens is 224 g/mol. The van der Waals surface area contributed by atoms with Crippen LogP contribution in [-0.2, 0) is 21.3 Å². The summed E-state index contributed by atoms with van der Waals surface area (Å²) >= 11 is 0. The number of halogens is 1. The Kier molecular flexibility index (Phi) is 2.53. The summed E-state index contributed by atoms with van der Waals surface area (Å²) in [5, 5.41) is 4.07. The molecule has 0 aliphatic heterocycles. The third kappa shape index (κ3) is 2.72. The summed E-state index contributed by atoms with van der Waals surface area (Å²) in [7, 11) is 1.71. The van der Waals surface area contributed by atoms with E-state index >= 15 is 0 Å². The highest BCUT2D eigenvalue weighted by Crippen LogP contribution is 2.30. The summed E-state index contributed by atoms with van der Waals surface area (Å²) in [6.45, 7) is 0.814. The molecule has 0 saturated heterocycles. The van der Waals surface area contributed by atoms with Crippen LogP contribution in [0.1, 0.15) is 18.5 Å². The van der Waals surface area contributed by atoms with Gasteiger partial charge in [-0.2, -0.15) is 5.10 Å². The SMILES string of the molecule is O=S(=O)(Cl)Cc1ccnn1CC1CC1. The van der Waals surface area contributed by atoms with Crippen LogP contribution in [0.5, 0.6) is 0 Å². The second-order valence-electron chi connectivity index (χ2n) is 3.63. The smallest absolute Gasteiger partial charge is 0.238 e. The quantitative estimate of drug-likeness (QED) is 0.740. The first-order valence-corrected chi connectivity index (χ1v) is 6.95. The zero-order valence-electron chi connectivity index (χ0n) is 7.56. The lowest BCUT2D eigenvalue weighted by Gasteiger charge is -2.04. The molecule has 1 heterocycles. The summed E-state index contributed by atoms with van der Waals surface area (Å²) in [5.74, 6) is 0.535. The van der Waals surface area contributed by atoms with Crippen LogP contribution in [0.15, 0.2) is 12.3 Å². The van der Waals surface area contributed by atoms with Crippen LogP contribution in [0.25, 0.3) is 0 Å². The van der Waals surface area contributed by atoms with Crippen LogP contribution in [0.2, 0.25) is 0 Å². The molecule has 0 aromatic carbocycles. The van der Waals surface area contributed by atoms with Crippen molar-refractivity contribution < 1.29 is 8.42 Å². The van der Waals surface area contributed by atoms with Crippen molar-refractivity contribution >= 4 is 19.7 Å². The Bertz CT molecular complexity index is 422. The number of aromatic nitrogens is 2. The molecule has 1 aliphatic rings. The fraction of sp³-hybridized carbons (Fsp3) is 0.625. The molecule has 1 aliphatic carbocycles. The molecule has 0 spiro atoms. The van der Waals surface area contributed by atoms with Gasteiger partial charge in [-0.1, -0.05) is 0 Å². The van der Waals surface area contributed by atoms with Crippen molar-refractivity contribution in [2.45, 2.75) is 25.1 Å². The van der Waals surface area contributed by atoms with Crippen molar-refractivity contribution in [3.63, 3.8) is 0 Å². The molecule has 1 aromatic heterocycles. The Balaban J connectivity index is 2.12. The molecule has 0 unspecified atom stereocenters. The molecule has 0 N–H and O–H groups in total. The summed E-state index contributed by atoms with van der Waals surface area (Å²) in [6.07, 6.45) is 4.04. The molecular formula is C8H11ClN2O2S. The predicted octanol–water partition coefficient (Wildman–Crippen LogP) is 1.36. The van der Waals surface area contributed by atoms with Gasteiger partial charge in [0.2, 0.25) is 9.05 Å². The van der Waals surface area contributed by atoms with Gasteiger partial charge in [0, 0.05) is 23.4 Å². The maximum Gasteiger partial charge on any atom is 0.238 e. The molecule has 78 valence electrons. The summed E-state index contributed by atoms with van der Waals surface area (Å²) in [5.41, 5.74) is 0.673. The zero-order chi connectivity index (χ0) is 10.2. The van der Waals surface area contributed by atoms with Crippen molar-refractivity contribution in [3.8, 4) is 0 Å². The lowest BCUT2D eigenvalue weighted by atomic mass is 10.4. The Morgan fingerprint density at radius 2 is 2.29 bits per heavy atom. The molecule has 0 atom stereocenters. The highest BCUT2D eigenvalue weighted by atomic mass is 35.7. The van der Waals surface area contributed by atoms with E-state index in [1.807, 2.05) is 0 Å². The van der Waals surface area contributed by atoms with Gasteiger partial charge >= 0.3 is 0 Å². The van der Waals surface area contributed by atoms with Crippen molar-refractivity contribution in [2.24, 2.45) is 5.92 Å². The van der Waals surface area contributed by atoms with Crippen molar-refractivity contribution in [3.05, 3.63) is 18.0 Å². The third-order valence-corrected chi connectivity index (χ3v) is 3.22. The summed E-state index contributed by atoms with van der Waals surface area (Å²) in [6, 6.07) is 1.70. The molecule has 0 radical (unpaired) electrons. The molecule has 0 bridgehead atoms. The van der Waals surface area contributed by atoms with E-state index in [2.05, 4.69) is 5.10 Å². The number of hydrogen-bond acceptors (Lipinski definition) is 3. The first-order chi connectivity index (χ1) is 6.54. The Morgan fingerprint density at radius 3 is 2.86 bits per heavy atom. The van der Waals surface area contributed by atoms with E-state index < -0.39 is 9.05 Å². The van der Waals surface area contributed by atoms with Crippen molar-refractivity contribution in [2.75, 3.05) is 0 Å². The van der Waals surface area contributed by atoms with Gasteiger partial charge in [-0.3, -0.25) is 4.68 Å². The van der Waals surface area contributed by atoms with E-state index in [1.54, 1.807) is 16.9 Å². The lowest BCUT2D eigenvalue weighted by Crippen LogP contribution is -2.08. The molecule has 4 nitrogen and oxygen atoms in total. The number of nitrogens with zero attached hydrogens (tertiary/aromatic N) is 2. The maximum atomic E-state index is 10.9. The minimum Gasteiger partial charge on any atom is -0.268 e. The molecule has 1 saturated carbocycles. The van der Waals surface area contributed by atoms with E-state index in [0.717, 1.165) is 6.54 Å². The zero-order valence-corrected chi connectivity index (χ0v) is 9.13. The largest absolute Gasteiger partial charge is 0.268 e. The van der Waals surface area contributed by atoms with Gasteiger partial charge in [0.25, 0.3) is 0 Å². The number of rotatable bonds is 4.